The van der Waals surface area contributed by atoms with Crippen LogP contribution in [0, 0.1) is 5.95 Å². The first kappa shape index (κ1) is 16.7. The molecule has 0 aliphatic heterocycles. The van der Waals surface area contributed by atoms with Crippen LogP contribution in [-0.4, -0.2) is 22.5 Å². The van der Waals surface area contributed by atoms with Crippen molar-refractivity contribution < 1.29 is 9.18 Å². The Bertz CT molecular complexity index is 939. The molecule has 1 amide bonds. The van der Waals surface area contributed by atoms with Gasteiger partial charge in [0.15, 0.2) is 0 Å². The molecule has 3 aromatic rings. The monoisotopic (exact) mass is 365 g/mol. The summed E-state index contributed by atoms with van der Waals surface area (Å²) in [6.45, 7) is 0. The molecule has 124 valence electrons. The van der Waals surface area contributed by atoms with Crippen LogP contribution in [-0.2, 0) is 18.3 Å². The molecule has 0 N–H and O–H groups in total. The van der Waals surface area contributed by atoms with Gasteiger partial charge in [0.05, 0.1) is 11.4 Å². The number of fused-ring (bicyclic) bond motifs is 1. The number of benzene rings is 1. The summed E-state index contributed by atoms with van der Waals surface area (Å²) in [5.74, 6) is -0.803. The summed E-state index contributed by atoms with van der Waals surface area (Å²) < 4.78 is 15.4. The third kappa shape index (κ3) is 3.09. The molecule has 2 aromatic heterocycles. The maximum absolute atomic E-state index is 13.5. The van der Waals surface area contributed by atoms with E-state index in [0.29, 0.717) is 5.02 Å². The highest BCUT2D eigenvalue weighted by atomic mass is 35.5. The molecule has 2 heterocycles. The van der Waals surface area contributed by atoms with E-state index in [0.717, 1.165) is 16.5 Å². The van der Waals surface area contributed by atoms with E-state index in [2.05, 4.69) is 4.98 Å². The average Bonchev–Trinajstić information content (AvgIpc) is 2.84. The molecule has 0 bridgehead atoms. The Morgan fingerprint density at radius 3 is 2.75 bits per heavy atom. The fraction of sp³-hybridized carbons (Fsp3) is 0.176. The molecule has 0 radical (unpaired) electrons. The number of rotatable bonds is 3. The maximum Gasteiger partial charge on any atom is 0.233 e. The lowest BCUT2D eigenvalue weighted by Crippen LogP contribution is -2.28. The van der Waals surface area contributed by atoms with Crippen molar-refractivity contribution in [3.05, 3.63) is 58.1 Å². The molecule has 24 heavy (non-hydrogen) atoms. The molecule has 0 saturated heterocycles. The van der Waals surface area contributed by atoms with Crippen LogP contribution in [0.25, 0.3) is 10.9 Å². The molecule has 0 aliphatic rings. The Balaban J connectivity index is 1.89. The van der Waals surface area contributed by atoms with Gasteiger partial charge in [-0.2, -0.15) is 4.39 Å². The van der Waals surface area contributed by atoms with Crippen LogP contribution in [0.5, 0.6) is 0 Å². The summed E-state index contributed by atoms with van der Waals surface area (Å²) in [4.78, 5) is 17.5. The van der Waals surface area contributed by atoms with Crippen molar-refractivity contribution in [3.63, 3.8) is 0 Å². The van der Waals surface area contributed by atoms with Crippen LogP contribution in [0.1, 0.15) is 5.56 Å². The fourth-order valence-electron chi connectivity index (χ4n) is 2.59. The van der Waals surface area contributed by atoms with E-state index < -0.39 is 5.95 Å². The Kier molecular flexibility index (Phi) is 4.47. The van der Waals surface area contributed by atoms with E-state index in [1.807, 2.05) is 36.0 Å². The zero-order chi connectivity index (χ0) is 17.4. The van der Waals surface area contributed by atoms with Crippen molar-refractivity contribution in [1.29, 1.82) is 0 Å². The van der Waals surface area contributed by atoms with Gasteiger partial charge < -0.3 is 4.57 Å². The maximum atomic E-state index is 13.5. The van der Waals surface area contributed by atoms with E-state index >= 15 is 0 Å². The number of pyridine rings is 1. The third-order valence-corrected chi connectivity index (χ3v) is 4.40. The second-order valence-corrected chi connectivity index (χ2v) is 6.34. The predicted octanol–water partition coefficient (Wildman–Crippen LogP) is 4.22. The molecule has 1 aromatic carbocycles. The van der Waals surface area contributed by atoms with Crippen LogP contribution in [0.3, 0.4) is 0 Å². The van der Waals surface area contributed by atoms with Crippen LogP contribution in [0.15, 0.2) is 36.5 Å². The van der Waals surface area contributed by atoms with Crippen molar-refractivity contribution in [1.82, 2.24) is 9.55 Å². The molecule has 0 fully saturated rings. The summed E-state index contributed by atoms with van der Waals surface area (Å²) in [7, 11) is 3.46. The molecule has 4 nitrogen and oxygen atoms in total. The molecule has 0 unspecified atom stereocenters. The van der Waals surface area contributed by atoms with Gasteiger partial charge in [0.25, 0.3) is 0 Å². The number of hydrogen-bond acceptors (Lipinski definition) is 2. The Hall–Kier alpha value is -2.11. The number of anilines is 1. The van der Waals surface area contributed by atoms with Crippen LogP contribution in [0.2, 0.25) is 10.0 Å². The number of amides is 1. The van der Waals surface area contributed by atoms with Gasteiger partial charge in [-0.05, 0) is 35.9 Å². The van der Waals surface area contributed by atoms with E-state index in [1.165, 1.54) is 17.0 Å². The molecule has 0 saturated carbocycles. The van der Waals surface area contributed by atoms with Crippen molar-refractivity contribution in [2.75, 3.05) is 11.9 Å². The average molecular weight is 366 g/mol. The lowest BCUT2D eigenvalue weighted by atomic mass is 10.1. The minimum atomic E-state index is -0.800. The van der Waals surface area contributed by atoms with Crippen molar-refractivity contribution in [2.45, 2.75) is 6.42 Å². The topological polar surface area (TPSA) is 38.1 Å². The molecule has 3 rings (SSSR count). The highest BCUT2D eigenvalue weighted by molar-refractivity contribution is 6.31. The second-order valence-electron chi connectivity index (χ2n) is 5.50. The summed E-state index contributed by atoms with van der Waals surface area (Å²) in [5, 5.41) is 1.45. The zero-order valence-corrected chi connectivity index (χ0v) is 14.6. The minimum Gasteiger partial charge on any atom is -0.350 e. The predicted molar refractivity (Wildman–Crippen MR) is 94.2 cm³/mol. The van der Waals surface area contributed by atoms with Gasteiger partial charge >= 0.3 is 0 Å². The lowest BCUT2D eigenvalue weighted by Gasteiger charge is -2.16. The smallest absolute Gasteiger partial charge is 0.233 e. The summed E-state index contributed by atoms with van der Waals surface area (Å²) in [6, 6.07) is 8.43. The van der Waals surface area contributed by atoms with Crippen molar-refractivity contribution in [3.8, 4) is 0 Å². The molecule has 0 spiro atoms. The molecular weight excluding hydrogens is 352 g/mol. The fourth-order valence-corrected chi connectivity index (χ4v) is 2.87. The number of carbonyl (C=O) groups is 1. The van der Waals surface area contributed by atoms with Crippen LogP contribution < -0.4 is 4.90 Å². The standard InChI is InChI=1S/C17H14Cl2FN3O/c1-22-9-10(12-8-11(18)3-5-14(12)22)7-16(24)23(2)15-6-4-13(19)17(20)21-15/h3-6,8-9H,7H2,1-2H3. The van der Waals surface area contributed by atoms with Crippen molar-refractivity contribution >= 4 is 45.8 Å². The number of hydrogen-bond donors (Lipinski definition) is 0. The molecule has 0 aliphatic carbocycles. The quantitative estimate of drug-likeness (QED) is 0.651. The molecular formula is C17H14Cl2FN3O. The number of halogens is 3. The first-order chi connectivity index (χ1) is 11.4. The minimum absolute atomic E-state index is 0.0803. The van der Waals surface area contributed by atoms with E-state index in [4.69, 9.17) is 23.2 Å². The number of carbonyl (C=O) groups excluding carboxylic acids is 1. The first-order valence-corrected chi connectivity index (χ1v) is 7.94. The van der Waals surface area contributed by atoms with E-state index in [1.54, 1.807) is 7.05 Å². The van der Waals surface area contributed by atoms with E-state index in [9.17, 15) is 9.18 Å². The van der Waals surface area contributed by atoms with Gasteiger partial charge in [0, 0.05) is 36.2 Å². The second kappa shape index (κ2) is 6.42. The first-order valence-electron chi connectivity index (χ1n) is 7.19. The van der Waals surface area contributed by atoms with Gasteiger partial charge in [-0.15, -0.1) is 0 Å². The zero-order valence-electron chi connectivity index (χ0n) is 13.1. The van der Waals surface area contributed by atoms with E-state index in [-0.39, 0.29) is 23.2 Å². The van der Waals surface area contributed by atoms with Crippen molar-refractivity contribution in [2.24, 2.45) is 7.05 Å². The normalized spacial score (nSPS) is 11.0. The van der Waals surface area contributed by atoms with Crippen LogP contribution in [0.4, 0.5) is 10.2 Å². The SMILES string of the molecule is CN(C(=O)Cc1cn(C)c2ccc(Cl)cc12)c1ccc(Cl)c(F)n1. The highest BCUT2D eigenvalue weighted by Crippen LogP contribution is 2.25. The number of aryl methyl sites for hydroxylation is 1. The summed E-state index contributed by atoms with van der Waals surface area (Å²) in [6.07, 6.45) is 2.04. The number of likely N-dealkylation sites (N-methyl/N-ethyl adjacent to an activating group) is 1. The van der Waals surface area contributed by atoms with Gasteiger partial charge in [-0.1, -0.05) is 23.2 Å². The summed E-state index contributed by atoms with van der Waals surface area (Å²) in [5.41, 5.74) is 1.84. The Morgan fingerprint density at radius 2 is 2.04 bits per heavy atom. The van der Waals surface area contributed by atoms with Gasteiger partial charge in [-0.3, -0.25) is 9.69 Å². The summed E-state index contributed by atoms with van der Waals surface area (Å²) >= 11 is 11.7. The Labute approximate surface area is 148 Å². The molecule has 0 atom stereocenters. The van der Waals surface area contributed by atoms with Gasteiger partial charge in [0.2, 0.25) is 11.9 Å². The van der Waals surface area contributed by atoms with Gasteiger partial charge in [0.1, 0.15) is 5.82 Å². The number of aromatic nitrogens is 2. The highest BCUT2D eigenvalue weighted by Gasteiger charge is 2.17. The Morgan fingerprint density at radius 1 is 1.29 bits per heavy atom. The number of nitrogens with zero attached hydrogens (tertiary/aromatic N) is 3. The van der Waals surface area contributed by atoms with Gasteiger partial charge in [-0.25, -0.2) is 4.98 Å². The largest absolute Gasteiger partial charge is 0.350 e. The van der Waals surface area contributed by atoms with Crippen LogP contribution >= 0.6 is 23.2 Å². The third-order valence-electron chi connectivity index (χ3n) is 3.88. The molecule has 7 heteroatoms. The lowest BCUT2D eigenvalue weighted by molar-refractivity contribution is -0.117.